The quantitative estimate of drug-likeness (QED) is 0.0777. The number of allylic oxidation sites excluding steroid dienone is 5. The molecule has 0 spiro atoms. The van der Waals surface area contributed by atoms with Crippen LogP contribution in [-0.4, -0.2) is 23.6 Å². The molecule has 2 aliphatic heterocycles. The van der Waals surface area contributed by atoms with Crippen molar-refractivity contribution in [1.29, 1.82) is 0 Å². The molecule has 2 heterocycles. The lowest BCUT2D eigenvalue weighted by atomic mass is 9.84. The molecular weight excluding hydrogens is 897 g/mol. The Hall–Kier alpha value is -7.70. The van der Waals surface area contributed by atoms with Gasteiger partial charge in [0.25, 0.3) is 23.6 Å². The molecule has 6 unspecified atom stereocenters. The van der Waals surface area contributed by atoms with E-state index >= 15 is 0 Å². The smallest absolute Gasteiger partial charge is 0.266 e. The Bertz CT molecular complexity index is 3890. The zero-order valence-corrected chi connectivity index (χ0v) is 41.6. The van der Waals surface area contributed by atoms with Crippen molar-refractivity contribution < 1.29 is 19.2 Å². The van der Waals surface area contributed by atoms with Crippen LogP contribution in [-0.2, 0) is 12.8 Å². The number of rotatable bonds is 10. The molecule has 4 aliphatic carbocycles. The third-order valence-electron chi connectivity index (χ3n) is 17.7. The van der Waals surface area contributed by atoms with Crippen molar-refractivity contribution in [1.82, 2.24) is 0 Å². The summed E-state index contributed by atoms with van der Waals surface area (Å²) >= 11 is 0. The van der Waals surface area contributed by atoms with Gasteiger partial charge in [-0.1, -0.05) is 115 Å². The molecule has 2 saturated carbocycles. The molecule has 0 radical (unpaired) electrons. The van der Waals surface area contributed by atoms with Crippen molar-refractivity contribution in [2.24, 2.45) is 23.7 Å². The first-order valence-corrected chi connectivity index (χ1v) is 26.5. The first kappa shape index (κ1) is 44.0. The third kappa shape index (κ3) is 6.96. The molecule has 6 nitrogen and oxygen atoms in total. The summed E-state index contributed by atoms with van der Waals surface area (Å²) in [4.78, 5) is 60.2. The van der Waals surface area contributed by atoms with Crippen LogP contribution in [0.1, 0.15) is 139 Å². The monoisotopic (exact) mass is 952 g/mol. The van der Waals surface area contributed by atoms with E-state index < -0.39 is 0 Å². The number of fused-ring (bicyclic) bond motifs is 10. The fourth-order valence-corrected chi connectivity index (χ4v) is 14.2. The summed E-state index contributed by atoms with van der Waals surface area (Å²) in [7, 11) is 0. The van der Waals surface area contributed by atoms with Gasteiger partial charge in [-0.05, 0) is 216 Å². The number of carbonyl (C=O) groups excluding carboxylic acids is 4. The molecule has 0 aromatic heterocycles. The topological polar surface area (TPSA) is 74.8 Å². The van der Waals surface area contributed by atoms with Crippen LogP contribution in [0.2, 0.25) is 0 Å². The number of nitrogens with zero attached hydrogens (tertiary/aromatic N) is 2. The van der Waals surface area contributed by atoms with Crippen molar-refractivity contribution in [2.45, 2.75) is 84.0 Å². The minimum Gasteiger partial charge on any atom is -0.268 e. The molecular formula is C67H56N2O4. The van der Waals surface area contributed by atoms with Gasteiger partial charge >= 0.3 is 0 Å². The van der Waals surface area contributed by atoms with E-state index in [-0.39, 0.29) is 23.6 Å². The average molecular weight is 953 g/mol. The normalized spacial score (nSPS) is 22.4. The molecule has 0 saturated heterocycles. The van der Waals surface area contributed by atoms with Gasteiger partial charge in [-0.2, -0.15) is 0 Å². The van der Waals surface area contributed by atoms with Crippen LogP contribution in [0.4, 0.5) is 11.4 Å². The lowest BCUT2D eigenvalue weighted by Crippen LogP contribution is -2.29. The van der Waals surface area contributed by atoms with Gasteiger partial charge in [0.2, 0.25) is 0 Å². The number of benzene rings is 8. The zero-order valence-electron chi connectivity index (χ0n) is 41.6. The fraction of sp³-hybridized carbons (Fsp3) is 0.254. The highest BCUT2D eigenvalue weighted by Crippen LogP contribution is 2.53. The summed E-state index contributed by atoms with van der Waals surface area (Å²) < 4.78 is 0. The Balaban J connectivity index is 0.705. The number of hydrogen-bond acceptors (Lipinski definition) is 4. The summed E-state index contributed by atoms with van der Waals surface area (Å²) in [5.74, 6) is 2.20. The van der Waals surface area contributed by atoms with Crippen LogP contribution in [0.25, 0.3) is 49.2 Å². The maximum Gasteiger partial charge on any atom is 0.266 e. The fourth-order valence-electron chi connectivity index (χ4n) is 14.2. The SMILES string of the molecule is CC(C)=Cc1cc2cc3c(cc2cc1CCCCc1cc2cc4c(cc2cc1C)C(=O)N(c1ccc(C2CC5C=CC2C5)c2ccccc12)C4=O)C(=O)N(c1ccc(C2CC4C=CC2C4)c2ccccc12)C3=O. The summed E-state index contributed by atoms with van der Waals surface area (Å²) in [6.45, 7) is 6.35. The third-order valence-corrected chi connectivity index (χ3v) is 17.7. The molecule has 6 aliphatic rings. The number of unbranched alkanes of at least 4 members (excludes halogenated alkanes) is 1. The van der Waals surface area contributed by atoms with Gasteiger partial charge in [-0.15, -0.1) is 0 Å². The number of carbonyl (C=O) groups is 4. The van der Waals surface area contributed by atoms with E-state index in [0.717, 1.165) is 92.7 Å². The lowest BCUT2D eigenvalue weighted by molar-refractivity contribution is 0.0910. The van der Waals surface area contributed by atoms with E-state index in [9.17, 15) is 19.2 Å². The van der Waals surface area contributed by atoms with Gasteiger partial charge in [-0.3, -0.25) is 19.2 Å². The molecule has 8 aromatic carbocycles. The second-order valence-electron chi connectivity index (χ2n) is 22.4. The van der Waals surface area contributed by atoms with Crippen LogP contribution < -0.4 is 9.80 Å². The highest BCUT2D eigenvalue weighted by molar-refractivity contribution is 6.38. The molecule has 73 heavy (non-hydrogen) atoms. The Morgan fingerprint density at radius 3 is 1.34 bits per heavy atom. The minimum atomic E-state index is -0.274. The molecule has 14 rings (SSSR count). The van der Waals surface area contributed by atoms with Gasteiger partial charge < -0.3 is 0 Å². The Labute approximate surface area is 425 Å². The highest BCUT2D eigenvalue weighted by Gasteiger charge is 2.42. The first-order valence-electron chi connectivity index (χ1n) is 26.5. The number of hydrogen-bond donors (Lipinski definition) is 0. The Morgan fingerprint density at radius 2 is 0.904 bits per heavy atom. The van der Waals surface area contributed by atoms with E-state index in [0.29, 0.717) is 69.1 Å². The maximum absolute atomic E-state index is 14.4. The van der Waals surface area contributed by atoms with E-state index in [4.69, 9.17) is 0 Å². The Kier molecular flexibility index (Phi) is 10.1. The average Bonchev–Trinajstić information content (AvgIpc) is 4.28. The molecule has 8 aromatic rings. The van der Waals surface area contributed by atoms with Gasteiger partial charge in [0.1, 0.15) is 0 Å². The summed E-state index contributed by atoms with van der Waals surface area (Å²) in [5, 5.41) is 7.95. The molecule has 0 N–H and O–H groups in total. The van der Waals surface area contributed by atoms with Crippen molar-refractivity contribution >= 4 is 84.2 Å². The number of anilines is 2. The summed E-state index contributed by atoms with van der Waals surface area (Å²) in [6, 6.07) is 41.3. The molecule has 4 amide bonds. The van der Waals surface area contributed by atoms with Crippen LogP contribution in [0, 0.1) is 30.6 Å². The second kappa shape index (κ2) is 16.7. The lowest BCUT2D eigenvalue weighted by Gasteiger charge is -2.23. The largest absolute Gasteiger partial charge is 0.268 e. The molecule has 6 atom stereocenters. The van der Waals surface area contributed by atoms with E-state index in [1.165, 1.54) is 50.5 Å². The summed E-state index contributed by atoms with van der Waals surface area (Å²) in [6.07, 6.45) is 20.0. The number of aryl methyl sites for hydroxylation is 3. The van der Waals surface area contributed by atoms with Gasteiger partial charge in [-0.25, -0.2) is 9.80 Å². The van der Waals surface area contributed by atoms with Gasteiger partial charge in [0, 0.05) is 10.8 Å². The van der Waals surface area contributed by atoms with Crippen molar-refractivity contribution in [3.8, 4) is 0 Å². The second-order valence-corrected chi connectivity index (χ2v) is 22.4. The maximum atomic E-state index is 14.4. The van der Waals surface area contributed by atoms with Crippen molar-refractivity contribution in [2.75, 3.05) is 9.80 Å². The summed E-state index contributed by atoms with van der Waals surface area (Å²) in [5.41, 5.74) is 11.7. The van der Waals surface area contributed by atoms with Crippen molar-refractivity contribution in [3.05, 3.63) is 207 Å². The van der Waals surface area contributed by atoms with E-state index in [2.05, 4.69) is 124 Å². The van der Waals surface area contributed by atoms with Crippen LogP contribution in [0.5, 0.6) is 0 Å². The molecule has 358 valence electrons. The predicted molar refractivity (Wildman–Crippen MR) is 295 cm³/mol. The molecule has 2 fully saturated rings. The Morgan fingerprint density at radius 1 is 0.479 bits per heavy atom. The van der Waals surface area contributed by atoms with Crippen LogP contribution >= 0.6 is 0 Å². The predicted octanol–water partition coefficient (Wildman–Crippen LogP) is 15.6. The first-order chi connectivity index (χ1) is 35.5. The molecule has 6 heteroatoms. The number of imide groups is 2. The van der Waals surface area contributed by atoms with E-state index in [1.54, 1.807) is 0 Å². The van der Waals surface area contributed by atoms with Gasteiger partial charge in [0.05, 0.1) is 33.6 Å². The number of amides is 4. The highest BCUT2D eigenvalue weighted by atomic mass is 16.2. The van der Waals surface area contributed by atoms with Crippen LogP contribution in [0.15, 0.2) is 151 Å². The molecule has 4 bridgehead atoms. The zero-order chi connectivity index (χ0) is 49.4. The van der Waals surface area contributed by atoms with E-state index in [1.807, 2.05) is 48.5 Å². The van der Waals surface area contributed by atoms with Crippen molar-refractivity contribution in [3.63, 3.8) is 0 Å². The van der Waals surface area contributed by atoms with Gasteiger partial charge in [0.15, 0.2) is 0 Å². The minimum absolute atomic E-state index is 0.268. The standard InChI is InChI=1S/C67H56N2O4/c1-37(2)24-45-32-49-36-61-60(66(72)69(67(61)73)63-23-21-53(51-13-7-9-15-55(51)63)57-29-40-17-19-44(57)27-40)35-48(49)31-42(45)11-5-4-10-41-30-47-34-59-58(33-46(47)25-38(41)3)64(70)68(65(59)71)62-22-20-52(50-12-6-8-14-54(50)62)56-28-39-16-18-43(56)26-39/h6-9,12-25,30-36,39-40,43-44,56-57H,4-5,10-11,26-29H2,1-3H3. The van der Waals surface area contributed by atoms with Crippen LogP contribution in [0.3, 0.4) is 0 Å².